The quantitative estimate of drug-likeness (QED) is 0.379. The molecule has 0 aromatic heterocycles. The van der Waals surface area contributed by atoms with Crippen molar-refractivity contribution in [2.45, 2.75) is 31.7 Å². The third-order valence-corrected chi connectivity index (χ3v) is 3.11. The zero-order valence-electron chi connectivity index (χ0n) is 7.16. The van der Waals surface area contributed by atoms with Crippen LogP contribution in [0.3, 0.4) is 0 Å². The number of piperidine rings is 1. The molecule has 4 heteroatoms. The van der Waals surface area contributed by atoms with Crippen LogP contribution in [-0.4, -0.2) is 19.1 Å². The monoisotopic (exact) mass is 166 g/mol. The Labute approximate surface area is 72.0 Å². The predicted molar refractivity (Wildman–Crippen MR) is 46.7 cm³/mol. The van der Waals surface area contributed by atoms with Crippen LogP contribution in [0.25, 0.3) is 10.4 Å². The van der Waals surface area contributed by atoms with Crippen molar-refractivity contribution >= 4 is 0 Å². The molecule has 0 aromatic rings. The summed E-state index contributed by atoms with van der Waals surface area (Å²) < 4.78 is 0. The Hall–Kier alpha value is -0.730. The van der Waals surface area contributed by atoms with Crippen molar-refractivity contribution in [1.82, 2.24) is 5.32 Å². The Bertz CT molecular complexity index is 205. The van der Waals surface area contributed by atoms with Crippen LogP contribution in [-0.2, 0) is 0 Å². The van der Waals surface area contributed by atoms with Gasteiger partial charge in [0.15, 0.2) is 0 Å². The van der Waals surface area contributed by atoms with Crippen molar-refractivity contribution in [3.63, 3.8) is 0 Å². The summed E-state index contributed by atoms with van der Waals surface area (Å²) >= 11 is 0. The molecule has 1 saturated heterocycles. The first-order valence-corrected chi connectivity index (χ1v) is 4.59. The maximum Gasteiger partial charge on any atom is 0.0412 e. The molecule has 0 bridgehead atoms. The van der Waals surface area contributed by atoms with Crippen molar-refractivity contribution in [2.75, 3.05) is 13.1 Å². The molecule has 1 aliphatic carbocycles. The van der Waals surface area contributed by atoms with E-state index < -0.39 is 0 Å². The standard InChI is InChI=1S/C8H14N4/c9-12-11-5-7-1-2-8(3-4-8)6-10-7/h7,10H,1-6H2. The van der Waals surface area contributed by atoms with Gasteiger partial charge in [-0.3, -0.25) is 0 Å². The van der Waals surface area contributed by atoms with Gasteiger partial charge in [0, 0.05) is 24.0 Å². The third kappa shape index (κ3) is 1.54. The van der Waals surface area contributed by atoms with E-state index in [2.05, 4.69) is 15.3 Å². The van der Waals surface area contributed by atoms with Gasteiger partial charge in [0.1, 0.15) is 0 Å². The van der Waals surface area contributed by atoms with E-state index in [-0.39, 0.29) is 0 Å². The molecule has 2 fully saturated rings. The molecule has 2 aliphatic rings. The van der Waals surface area contributed by atoms with E-state index in [0.717, 1.165) is 6.54 Å². The Balaban J connectivity index is 1.78. The van der Waals surface area contributed by atoms with Gasteiger partial charge in [-0.05, 0) is 36.6 Å². The summed E-state index contributed by atoms with van der Waals surface area (Å²) in [5.41, 5.74) is 8.80. The van der Waals surface area contributed by atoms with Crippen LogP contribution in [0.1, 0.15) is 25.7 Å². The first-order chi connectivity index (χ1) is 5.85. The molecule has 1 aliphatic heterocycles. The minimum absolute atomic E-state index is 0.437. The smallest absolute Gasteiger partial charge is 0.0412 e. The topological polar surface area (TPSA) is 60.8 Å². The molecule has 0 amide bonds. The van der Waals surface area contributed by atoms with Crippen LogP contribution in [0.15, 0.2) is 5.11 Å². The van der Waals surface area contributed by atoms with Crippen LogP contribution >= 0.6 is 0 Å². The average molecular weight is 166 g/mol. The summed E-state index contributed by atoms with van der Waals surface area (Å²) in [5, 5.41) is 7.02. The molecular weight excluding hydrogens is 152 g/mol. The van der Waals surface area contributed by atoms with Crippen molar-refractivity contribution < 1.29 is 0 Å². The van der Waals surface area contributed by atoms with E-state index in [9.17, 15) is 0 Å². The summed E-state index contributed by atoms with van der Waals surface area (Å²) in [6.45, 7) is 1.76. The van der Waals surface area contributed by atoms with Crippen molar-refractivity contribution in [2.24, 2.45) is 10.5 Å². The molecule has 1 spiro atoms. The van der Waals surface area contributed by atoms with Gasteiger partial charge in [-0.25, -0.2) is 0 Å². The zero-order chi connectivity index (χ0) is 8.44. The fourth-order valence-corrected chi connectivity index (χ4v) is 1.93. The van der Waals surface area contributed by atoms with Gasteiger partial charge >= 0.3 is 0 Å². The lowest BCUT2D eigenvalue weighted by atomic mass is 9.92. The number of azide groups is 1. The molecule has 1 N–H and O–H groups in total. The number of rotatable bonds is 2. The van der Waals surface area contributed by atoms with Crippen LogP contribution in [0.4, 0.5) is 0 Å². The highest BCUT2D eigenvalue weighted by Gasteiger charge is 2.44. The molecule has 1 atom stereocenters. The van der Waals surface area contributed by atoms with E-state index >= 15 is 0 Å². The number of hydrogen-bond acceptors (Lipinski definition) is 2. The van der Waals surface area contributed by atoms with Gasteiger partial charge in [-0.2, -0.15) is 0 Å². The first-order valence-electron chi connectivity index (χ1n) is 4.59. The molecule has 0 aromatic carbocycles. The fourth-order valence-electron chi connectivity index (χ4n) is 1.93. The van der Waals surface area contributed by atoms with Crippen LogP contribution in [0.2, 0.25) is 0 Å². The third-order valence-electron chi connectivity index (χ3n) is 3.11. The summed E-state index contributed by atoms with van der Waals surface area (Å²) in [6.07, 6.45) is 5.30. The Morgan fingerprint density at radius 2 is 2.33 bits per heavy atom. The lowest BCUT2D eigenvalue weighted by Gasteiger charge is -2.28. The number of hydrogen-bond donors (Lipinski definition) is 1. The molecule has 1 unspecified atom stereocenters. The molecule has 0 radical (unpaired) electrons. The Morgan fingerprint density at radius 1 is 1.50 bits per heavy atom. The predicted octanol–water partition coefficient (Wildman–Crippen LogP) is 1.83. The van der Waals surface area contributed by atoms with Crippen molar-refractivity contribution in [3.8, 4) is 0 Å². The zero-order valence-corrected chi connectivity index (χ0v) is 7.16. The van der Waals surface area contributed by atoms with Gasteiger partial charge in [0.25, 0.3) is 0 Å². The molecule has 4 nitrogen and oxygen atoms in total. The Morgan fingerprint density at radius 3 is 2.83 bits per heavy atom. The van der Waals surface area contributed by atoms with Gasteiger partial charge in [-0.1, -0.05) is 5.11 Å². The second-order valence-corrected chi connectivity index (χ2v) is 4.03. The highest BCUT2D eigenvalue weighted by atomic mass is 15.1. The highest BCUT2D eigenvalue weighted by Crippen LogP contribution is 2.50. The largest absolute Gasteiger partial charge is 0.313 e. The Kier molecular flexibility index (Phi) is 1.95. The first kappa shape index (κ1) is 7.90. The minimum atomic E-state index is 0.437. The summed E-state index contributed by atoms with van der Waals surface area (Å²) in [5.74, 6) is 0. The van der Waals surface area contributed by atoms with E-state index in [1.165, 1.54) is 25.7 Å². The molecule has 1 saturated carbocycles. The van der Waals surface area contributed by atoms with Crippen LogP contribution < -0.4 is 5.32 Å². The second kappa shape index (κ2) is 2.96. The van der Waals surface area contributed by atoms with Crippen LogP contribution in [0.5, 0.6) is 0 Å². The van der Waals surface area contributed by atoms with Gasteiger partial charge in [0.05, 0.1) is 0 Å². The summed E-state index contributed by atoms with van der Waals surface area (Å²) in [4.78, 5) is 2.77. The number of nitrogens with one attached hydrogen (secondary N) is 1. The highest BCUT2D eigenvalue weighted by molar-refractivity contribution is 4.99. The SMILES string of the molecule is [N-]=[N+]=NCC1CCC2(CC2)CN1. The lowest BCUT2D eigenvalue weighted by molar-refractivity contribution is 0.296. The lowest BCUT2D eigenvalue weighted by Crippen LogP contribution is -2.41. The van der Waals surface area contributed by atoms with Gasteiger partial charge in [-0.15, -0.1) is 0 Å². The average Bonchev–Trinajstić information content (AvgIpc) is 2.85. The molecule has 2 rings (SSSR count). The van der Waals surface area contributed by atoms with Crippen molar-refractivity contribution in [3.05, 3.63) is 10.4 Å². The molecule has 1 heterocycles. The van der Waals surface area contributed by atoms with Gasteiger partial charge in [0.2, 0.25) is 0 Å². The fraction of sp³-hybridized carbons (Fsp3) is 1.00. The summed E-state index contributed by atoms with van der Waals surface area (Å²) in [6, 6.07) is 0.437. The molecule has 66 valence electrons. The normalized spacial score (nSPS) is 31.2. The van der Waals surface area contributed by atoms with Gasteiger partial charge < -0.3 is 5.32 Å². The second-order valence-electron chi connectivity index (χ2n) is 4.03. The van der Waals surface area contributed by atoms with E-state index in [1.807, 2.05) is 0 Å². The van der Waals surface area contributed by atoms with Crippen molar-refractivity contribution in [1.29, 1.82) is 0 Å². The van der Waals surface area contributed by atoms with E-state index in [4.69, 9.17) is 5.53 Å². The summed E-state index contributed by atoms with van der Waals surface area (Å²) in [7, 11) is 0. The minimum Gasteiger partial charge on any atom is -0.313 e. The van der Waals surface area contributed by atoms with Crippen LogP contribution in [0, 0.1) is 5.41 Å². The molecular formula is C8H14N4. The van der Waals surface area contributed by atoms with E-state index in [0.29, 0.717) is 18.0 Å². The maximum absolute atomic E-state index is 8.14. The molecule has 12 heavy (non-hydrogen) atoms. The maximum atomic E-state index is 8.14. The number of nitrogens with zero attached hydrogens (tertiary/aromatic N) is 3. The van der Waals surface area contributed by atoms with E-state index in [1.54, 1.807) is 0 Å².